The Kier molecular flexibility index (Phi) is 2.30. The molecule has 1 aromatic heterocycles. The van der Waals surface area contributed by atoms with Crippen LogP contribution in [-0.2, 0) is 6.18 Å². The van der Waals surface area contributed by atoms with Gasteiger partial charge in [-0.2, -0.15) is 13.2 Å². The van der Waals surface area contributed by atoms with Gasteiger partial charge in [0, 0.05) is 5.56 Å². The second kappa shape index (κ2) is 3.51. The van der Waals surface area contributed by atoms with Crippen LogP contribution in [0.2, 0.25) is 0 Å². The number of halogens is 3. The zero-order chi connectivity index (χ0) is 11.8. The maximum absolute atomic E-state index is 12.2. The molecular weight excluding hydrogens is 225 g/mol. The highest BCUT2D eigenvalue weighted by atomic mass is 19.4. The van der Waals surface area contributed by atoms with Crippen LogP contribution in [0.3, 0.4) is 0 Å². The molecule has 2 rings (SSSR count). The van der Waals surface area contributed by atoms with Gasteiger partial charge >= 0.3 is 12.3 Å². The molecular formula is C9H5F3N2O2. The van der Waals surface area contributed by atoms with Gasteiger partial charge in [-0.3, -0.25) is 0 Å². The molecule has 0 saturated heterocycles. The summed E-state index contributed by atoms with van der Waals surface area (Å²) in [5.41, 5.74) is -0.458. The van der Waals surface area contributed by atoms with Gasteiger partial charge in [0.2, 0.25) is 0 Å². The molecule has 0 aliphatic rings. The van der Waals surface area contributed by atoms with E-state index in [0.717, 1.165) is 12.1 Å². The topological polar surface area (TPSA) is 59.2 Å². The maximum Gasteiger partial charge on any atom is 0.416 e. The lowest BCUT2D eigenvalue weighted by atomic mass is 10.1. The van der Waals surface area contributed by atoms with Gasteiger partial charge in [0.25, 0.3) is 5.89 Å². The molecule has 0 radical (unpaired) electrons. The Morgan fingerprint density at radius 3 is 2.12 bits per heavy atom. The summed E-state index contributed by atoms with van der Waals surface area (Å²) >= 11 is 0. The van der Waals surface area contributed by atoms with Crippen LogP contribution in [0, 0.1) is 0 Å². The average molecular weight is 230 g/mol. The van der Waals surface area contributed by atoms with Gasteiger partial charge in [0.15, 0.2) is 0 Å². The average Bonchev–Trinajstić information content (AvgIpc) is 2.64. The quantitative estimate of drug-likeness (QED) is 0.817. The number of aromatic nitrogens is 2. The third-order valence-corrected chi connectivity index (χ3v) is 1.87. The van der Waals surface area contributed by atoms with E-state index in [0.29, 0.717) is 5.56 Å². The predicted molar refractivity (Wildman–Crippen MR) is 46.4 cm³/mol. The molecule has 1 N–H and O–H groups in total. The molecule has 84 valence electrons. The van der Waals surface area contributed by atoms with Crippen molar-refractivity contribution in [2.45, 2.75) is 6.18 Å². The number of benzene rings is 1. The van der Waals surface area contributed by atoms with Crippen LogP contribution in [0.1, 0.15) is 5.56 Å². The molecule has 0 saturated carbocycles. The van der Waals surface area contributed by atoms with Crippen molar-refractivity contribution in [3.63, 3.8) is 0 Å². The van der Waals surface area contributed by atoms with Crippen LogP contribution in [0.15, 0.2) is 28.7 Å². The van der Waals surface area contributed by atoms with E-state index in [1.54, 1.807) is 0 Å². The Hall–Kier alpha value is -2.05. The summed E-state index contributed by atoms with van der Waals surface area (Å²) in [6.45, 7) is 0. The molecule has 2 aromatic rings. The van der Waals surface area contributed by atoms with Gasteiger partial charge in [-0.1, -0.05) is 5.10 Å². The van der Waals surface area contributed by atoms with E-state index < -0.39 is 17.8 Å². The normalized spacial score (nSPS) is 11.7. The molecule has 0 bridgehead atoms. The summed E-state index contributed by atoms with van der Waals surface area (Å²) in [5, 5.41) is 15.4. The third kappa shape index (κ3) is 1.97. The van der Waals surface area contributed by atoms with Crippen molar-refractivity contribution in [1.29, 1.82) is 0 Å². The first-order chi connectivity index (χ1) is 7.47. The van der Waals surface area contributed by atoms with Crippen molar-refractivity contribution < 1.29 is 22.7 Å². The van der Waals surface area contributed by atoms with Gasteiger partial charge in [-0.15, -0.1) is 5.10 Å². The van der Waals surface area contributed by atoms with E-state index >= 15 is 0 Å². The van der Waals surface area contributed by atoms with Gasteiger partial charge in [0.05, 0.1) is 5.56 Å². The van der Waals surface area contributed by atoms with E-state index in [-0.39, 0.29) is 5.89 Å². The fourth-order valence-corrected chi connectivity index (χ4v) is 1.13. The van der Waals surface area contributed by atoms with E-state index in [4.69, 9.17) is 5.11 Å². The van der Waals surface area contributed by atoms with Crippen LogP contribution in [-0.4, -0.2) is 15.3 Å². The van der Waals surface area contributed by atoms with Crippen LogP contribution < -0.4 is 0 Å². The van der Waals surface area contributed by atoms with E-state index in [2.05, 4.69) is 14.6 Å². The SMILES string of the molecule is Oc1nnc(-c2ccc(C(F)(F)F)cc2)o1. The second-order valence-electron chi connectivity index (χ2n) is 2.96. The highest BCUT2D eigenvalue weighted by Crippen LogP contribution is 2.30. The Morgan fingerprint density at radius 1 is 1.06 bits per heavy atom. The van der Waals surface area contributed by atoms with E-state index in [1.165, 1.54) is 12.1 Å². The molecule has 0 aliphatic carbocycles. The van der Waals surface area contributed by atoms with E-state index in [1.807, 2.05) is 0 Å². The first-order valence-electron chi connectivity index (χ1n) is 4.17. The first-order valence-corrected chi connectivity index (χ1v) is 4.17. The summed E-state index contributed by atoms with van der Waals surface area (Å²) in [5.74, 6) is -0.0359. The summed E-state index contributed by atoms with van der Waals surface area (Å²) in [6.07, 6.45) is -5.01. The highest BCUT2D eigenvalue weighted by molar-refractivity contribution is 5.53. The van der Waals surface area contributed by atoms with Crippen molar-refractivity contribution in [2.24, 2.45) is 0 Å². The minimum Gasteiger partial charge on any atom is -0.465 e. The molecule has 0 aliphatic heterocycles. The van der Waals surface area contributed by atoms with Crippen LogP contribution >= 0.6 is 0 Å². The Morgan fingerprint density at radius 2 is 1.69 bits per heavy atom. The molecule has 7 heteroatoms. The first kappa shape index (κ1) is 10.5. The van der Waals surface area contributed by atoms with Gasteiger partial charge in [-0.05, 0) is 24.3 Å². The molecule has 4 nitrogen and oxygen atoms in total. The molecule has 0 spiro atoms. The largest absolute Gasteiger partial charge is 0.465 e. The molecule has 1 aromatic carbocycles. The summed E-state index contributed by atoms with van der Waals surface area (Å²) in [4.78, 5) is 0. The maximum atomic E-state index is 12.2. The standard InChI is InChI=1S/C9H5F3N2O2/c10-9(11,12)6-3-1-5(2-4-6)7-13-14-8(15)16-7/h1-4H,(H,14,15). The summed E-state index contributed by atoms with van der Waals surface area (Å²) < 4.78 is 41.4. The van der Waals surface area contributed by atoms with Crippen LogP contribution in [0.25, 0.3) is 11.5 Å². The van der Waals surface area contributed by atoms with Gasteiger partial charge in [0.1, 0.15) is 0 Å². The number of hydrogen-bond acceptors (Lipinski definition) is 4. The second-order valence-corrected chi connectivity index (χ2v) is 2.96. The zero-order valence-electron chi connectivity index (χ0n) is 7.69. The van der Waals surface area contributed by atoms with Crippen molar-refractivity contribution in [3.8, 4) is 17.5 Å². The van der Waals surface area contributed by atoms with Crippen molar-refractivity contribution >= 4 is 0 Å². The lowest BCUT2D eigenvalue weighted by Gasteiger charge is -2.05. The number of alkyl halides is 3. The Labute approximate surface area is 87.3 Å². The fraction of sp³-hybridized carbons (Fsp3) is 0.111. The number of nitrogens with zero attached hydrogens (tertiary/aromatic N) is 2. The molecule has 16 heavy (non-hydrogen) atoms. The fourth-order valence-electron chi connectivity index (χ4n) is 1.13. The lowest BCUT2D eigenvalue weighted by molar-refractivity contribution is -0.137. The predicted octanol–water partition coefficient (Wildman–Crippen LogP) is 2.46. The van der Waals surface area contributed by atoms with Gasteiger partial charge < -0.3 is 9.52 Å². The monoisotopic (exact) mass is 230 g/mol. The van der Waals surface area contributed by atoms with E-state index in [9.17, 15) is 13.2 Å². The minimum atomic E-state index is -4.38. The summed E-state index contributed by atoms with van der Waals surface area (Å²) in [6, 6.07) is 4.18. The van der Waals surface area contributed by atoms with Gasteiger partial charge in [-0.25, -0.2) is 0 Å². The third-order valence-electron chi connectivity index (χ3n) is 1.87. The smallest absolute Gasteiger partial charge is 0.416 e. The summed E-state index contributed by atoms with van der Waals surface area (Å²) in [7, 11) is 0. The van der Waals surface area contributed by atoms with Crippen molar-refractivity contribution in [1.82, 2.24) is 10.2 Å². The number of hydrogen-bond donors (Lipinski definition) is 1. The Balaban J connectivity index is 2.33. The minimum absolute atomic E-state index is 0.0359. The van der Waals surface area contributed by atoms with Crippen LogP contribution in [0.5, 0.6) is 6.08 Å². The van der Waals surface area contributed by atoms with Crippen molar-refractivity contribution in [3.05, 3.63) is 29.8 Å². The molecule has 0 atom stereocenters. The zero-order valence-corrected chi connectivity index (χ0v) is 7.69. The number of rotatable bonds is 1. The highest BCUT2D eigenvalue weighted by Gasteiger charge is 2.30. The van der Waals surface area contributed by atoms with Crippen LogP contribution in [0.4, 0.5) is 13.2 Å². The molecule has 1 heterocycles. The molecule has 0 amide bonds. The number of aromatic hydroxyl groups is 1. The Bertz CT molecular complexity index is 490. The lowest BCUT2D eigenvalue weighted by Crippen LogP contribution is -2.03. The molecule has 0 fully saturated rings. The molecule has 0 unspecified atom stereocenters. The van der Waals surface area contributed by atoms with Crippen molar-refractivity contribution in [2.75, 3.05) is 0 Å².